The van der Waals surface area contributed by atoms with E-state index in [4.69, 9.17) is 4.42 Å². The molecule has 2 unspecified atom stereocenters. The third-order valence-electron chi connectivity index (χ3n) is 3.68. The van der Waals surface area contributed by atoms with Gasteiger partial charge in [0.15, 0.2) is 5.12 Å². The third-order valence-corrected chi connectivity index (χ3v) is 4.73. The summed E-state index contributed by atoms with van der Waals surface area (Å²) in [5, 5.41) is 0.127. The van der Waals surface area contributed by atoms with Gasteiger partial charge in [0, 0.05) is 38.1 Å². The first-order valence-corrected chi connectivity index (χ1v) is 8.00. The molecule has 1 amide bonds. The zero-order chi connectivity index (χ0) is 14.5. The molecule has 1 saturated heterocycles. The molecule has 0 saturated carbocycles. The van der Waals surface area contributed by atoms with Crippen LogP contribution in [-0.4, -0.2) is 34.3 Å². The SMILES string of the molecule is CC(=O)SCC1CC(=O)N(C(C)CCc2ccco2)C1. The highest BCUT2D eigenvalue weighted by atomic mass is 32.2. The summed E-state index contributed by atoms with van der Waals surface area (Å²) in [6, 6.07) is 4.07. The number of amides is 1. The zero-order valence-electron chi connectivity index (χ0n) is 12.0. The van der Waals surface area contributed by atoms with E-state index in [9.17, 15) is 9.59 Å². The van der Waals surface area contributed by atoms with Crippen molar-refractivity contribution in [3.05, 3.63) is 24.2 Å². The van der Waals surface area contributed by atoms with Crippen LogP contribution in [0.3, 0.4) is 0 Å². The lowest BCUT2D eigenvalue weighted by Crippen LogP contribution is -2.34. The van der Waals surface area contributed by atoms with Crippen LogP contribution in [-0.2, 0) is 16.0 Å². The molecule has 0 N–H and O–H groups in total. The van der Waals surface area contributed by atoms with Crippen LogP contribution in [0.15, 0.2) is 22.8 Å². The van der Waals surface area contributed by atoms with Crippen molar-refractivity contribution < 1.29 is 14.0 Å². The summed E-state index contributed by atoms with van der Waals surface area (Å²) in [6.07, 6.45) is 4.01. The normalized spacial score (nSPS) is 20.4. The minimum atomic E-state index is 0.127. The van der Waals surface area contributed by atoms with Crippen molar-refractivity contribution in [2.45, 2.75) is 39.2 Å². The second-order valence-corrected chi connectivity index (χ2v) is 6.58. The van der Waals surface area contributed by atoms with Crippen LogP contribution in [0.1, 0.15) is 32.4 Å². The molecular formula is C15H21NO3S. The van der Waals surface area contributed by atoms with E-state index in [1.54, 1.807) is 13.2 Å². The van der Waals surface area contributed by atoms with Gasteiger partial charge in [-0.1, -0.05) is 11.8 Å². The van der Waals surface area contributed by atoms with E-state index < -0.39 is 0 Å². The van der Waals surface area contributed by atoms with Crippen molar-refractivity contribution >= 4 is 22.8 Å². The summed E-state index contributed by atoms with van der Waals surface area (Å²) in [7, 11) is 0. The fraction of sp³-hybridized carbons (Fsp3) is 0.600. The van der Waals surface area contributed by atoms with E-state index in [0.29, 0.717) is 12.3 Å². The summed E-state index contributed by atoms with van der Waals surface area (Å²) >= 11 is 1.32. The van der Waals surface area contributed by atoms with Gasteiger partial charge in [-0.3, -0.25) is 9.59 Å². The number of likely N-dealkylation sites (tertiary alicyclic amines) is 1. The summed E-state index contributed by atoms with van der Waals surface area (Å²) in [4.78, 5) is 25.0. The Bertz CT molecular complexity index is 458. The number of carbonyl (C=O) groups excluding carboxylic acids is 2. The standard InChI is InChI=1S/C15H21NO3S/c1-11(5-6-14-4-3-7-19-14)16-9-13(8-15(16)18)10-20-12(2)17/h3-4,7,11,13H,5-6,8-10H2,1-2H3. The average molecular weight is 295 g/mol. The molecule has 20 heavy (non-hydrogen) atoms. The van der Waals surface area contributed by atoms with E-state index in [0.717, 1.165) is 30.9 Å². The van der Waals surface area contributed by atoms with Gasteiger partial charge in [0.25, 0.3) is 0 Å². The minimum Gasteiger partial charge on any atom is -0.469 e. The van der Waals surface area contributed by atoms with Crippen LogP contribution in [0.25, 0.3) is 0 Å². The zero-order valence-corrected chi connectivity index (χ0v) is 12.8. The third kappa shape index (κ3) is 4.13. The van der Waals surface area contributed by atoms with Crippen LogP contribution in [0.4, 0.5) is 0 Å². The molecule has 2 atom stereocenters. The predicted molar refractivity (Wildman–Crippen MR) is 79.5 cm³/mol. The molecule has 1 aliphatic rings. The Labute approximate surface area is 123 Å². The van der Waals surface area contributed by atoms with E-state index in [1.807, 2.05) is 17.0 Å². The molecule has 0 radical (unpaired) electrons. The number of carbonyl (C=O) groups is 2. The van der Waals surface area contributed by atoms with E-state index in [1.165, 1.54) is 11.8 Å². The largest absolute Gasteiger partial charge is 0.469 e. The quantitative estimate of drug-likeness (QED) is 0.809. The molecule has 1 aromatic heterocycles. The summed E-state index contributed by atoms with van der Waals surface area (Å²) in [6.45, 7) is 4.44. The van der Waals surface area contributed by atoms with Gasteiger partial charge in [-0.25, -0.2) is 0 Å². The Hall–Kier alpha value is -1.23. The van der Waals surface area contributed by atoms with Crippen molar-refractivity contribution in [3.8, 4) is 0 Å². The minimum absolute atomic E-state index is 0.127. The molecule has 2 heterocycles. The molecular weight excluding hydrogens is 274 g/mol. The molecule has 0 aliphatic carbocycles. The summed E-state index contributed by atoms with van der Waals surface area (Å²) in [5.41, 5.74) is 0. The van der Waals surface area contributed by atoms with Crippen LogP contribution in [0.5, 0.6) is 0 Å². The van der Waals surface area contributed by atoms with Crippen molar-refractivity contribution in [1.29, 1.82) is 0 Å². The average Bonchev–Trinajstić information content (AvgIpc) is 3.03. The first-order chi connectivity index (χ1) is 9.56. The van der Waals surface area contributed by atoms with E-state index >= 15 is 0 Å². The highest BCUT2D eigenvalue weighted by molar-refractivity contribution is 8.13. The molecule has 1 aromatic rings. The highest BCUT2D eigenvalue weighted by Gasteiger charge is 2.32. The lowest BCUT2D eigenvalue weighted by atomic mass is 10.1. The fourth-order valence-corrected chi connectivity index (χ4v) is 3.24. The van der Waals surface area contributed by atoms with Gasteiger partial charge in [-0.2, -0.15) is 0 Å². The Morgan fingerprint density at radius 3 is 3.05 bits per heavy atom. The summed E-state index contributed by atoms with van der Waals surface area (Å²) in [5.74, 6) is 2.24. The van der Waals surface area contributed by atoms with Gasteiger partial charge in [0.1, 0.15) is 5.76 Å². The molecule has 0 spiro atoms. The first-order valence-electron chi connectivity index (χ1n) is 7.01. The van der Waals surface area contributed by atoms with Crippen molar-refractivity contribution in [1.82, 2.24) is 4.90 Å². The molecule has 4 nitrogen and oxygen atoms in total. The second kappa shape index (κ2) is 6.97. The van der Waals surface area contributed by atoms with Gasteiger partial charge in [0.05, 0.1) is 6.26 Å². The first kappa shape index (κ1) is 15.2. The molecule has 5 heteroatoms. The maximum absolute atomic E-state index is 12.0. The number of aryl methyl sites for hydroxylation is 1. The number of nitrogens with zero attached hydrogens (tertiary/aromatic N) is 1. The lowest BCUT2D eigenvalue weighted by Gasteiger charge is -2.24. The number of thioether (sulfide) groups is 1. The maximum atomic E-state index is 12.0. The monoisotopic (exact) mass is 295 g/mol. The van der Waals surface area contributed by atoms with Crippen molar-refractivity contribution in [3.63, 3.8) is 0 Å². The molecule has 1 aliphatic heterocycles. The van der Waals surface area contributed by atoms with Crippen LogP contribution >= 0.6 is 11.8 Å². The van der Waals surface area contributed by atoms with Crippen molar-refractivity contribution in [2.75, 3.05) is 12.3 Å². The molecule has 110 valence electrons. The second-order valence-electron chi connectivity index (χ2n) is 5.39. The number of hydrogen-bond acceptors (Lipinski definition) is 4. The number of furan rings is 1. The summed E-state index contributed by atoms with van der Waals surface area (Å²) < 4.78 is 5.32. The molecule has 2 rings (SSSR count). The number of rotatable bonds is 6. The lowest BCUT2D eigenvalue weighted by molar-refractivity contribution is -0.129. The van der Waals surface area contributed by atoms with Gasteiger partial charge >= 0.3 is 0 Å². The van der Waals surface area contributed by atoms with Gasteiger partial charge in [-0.05, 0) is 31.4 Å². The van der Waals surface area contributed by atoms with Gasteiger partial charge < -0.3 is 9.32 Å². The Kier molecular flexibility index (Phi) is 5.29. The Balaban J connectivity index is 1.79. The predicted octanol–water partition coefficient (Wildman–Crippen LogP) is 2.73. The fourth-order valence-electron chi connectivity index (χ4n) is 2.54. The van der Waals surface area contributed by atoms with Crippen molar-refractivity contribution in [2.24, 2.45) is 5.92 Å². The number of hydrogen-bond donors (Lipinski definition) is 0. The topological polar surface area (TPSA) is 50.5 Å². The van der Waals surface area contributed by atoms with Gasteiger partial charge in [-0.15, -0.1) is 0 Å². The molecule has 0 bridgehead atoms. The van der Waals surface area contributed by atoms with Crippen LogP contribution < -0.4 is 0 Å². The Morgan fingerprint density at radius 2 is 2.40 bits per heavy atom. The van der Waals surface area contributed by atoms with Crippen LogP contribution in [0.2, 0.25) is 0 Å². The highest BCUT2D eigenvalue weighted by Crippen LogP contribution is 2.25. The smallest absolute Gasteiger partial charge is 0.223 e. The maximum Gasteiger partial charge on any atom is 0.223 e. The van der Waals surface area contributed by atoms with E-state index in [2.05, 4.69) is 6.92 Å². The molecule has 0 aromatic carbocycles. The van der Waals surface area contributed by atoms with Gasteiger partial charge in [0.2, 0.25) is 5.91 Å². The van der Waals surface area contributed by atoms with Crippen LogP contribution in [0, 0.1) is 5.92 Å². The molecule has 1 fully saturated rings. The van der Waals surface area contributed by atoms with E-state index in [-0.39, 0.29) is 17.1 Å². The Morgan fingerprint density at radius 1 is 1.60 bits per heavy atom.